The van der Waals surface area contributed by atoms with E-state index in [0.29, 0.717) is 40.0 Å². The Bertz CT molecular complexity index is 1260. The number of phenols is 1. The van der Waals surface area contributed by atoms with E-state index in [1.165, 1.54) is 26.4 Å². The standard InChI is InChI=1S/C28H29NO7/c1-32-23-15-18(10-11-19-16-24(33-2)28(36-5)25(17-19)34-3)14-21(27(23)35-4)29-26(31)13-12-20-8-6-7-9-22(20)30/h6-17,30H,1-5H3,(H,29,31)/b11-10?,13-12+. The molecule has 0 aliphatic rings. The van der Waals surface area contributed by atoms with Crippen LogP contribution in [0.15, 0.2) is 54.6 Å². The molecule has 1 amide bonds. The number of ether oxygens (including phenoxy) is 5. The predicted molar refractivity (Wildman–Crippen MR) is 140 cm³/mol. The molecule has 188 valence electrons. The summed E-state index contributed by atoms with van der Waals surface area (Å²) >= 11 is 0. The molecule has 0 aliphatic heterocycles. The first kappa shape index (κ1) is 26.0. The van der Waals surface area contributed by atoms with Crippen molar-refractivity contribution in [2.24, 2.45) is 0 Å². The second kappa shape index (κ2) is 12.2. The lowest BCUT2D eigenvalue weighted by molar-refractivity contribution is -0.111. The quantitative estimate of drug-likeness (QED) is 0.295. The van der Waals surface area contributed by atoms with E-state index in [2.05, 4.69) is 5.32 Å². The van der Waals surface area contributed by atoms with E-state index in [1.807, 2.05) is 24.3 Å². The predicted octanol–water partition coefficient (Wildman–Crippen LogP) is 5.26. The molecular formula is C28H29NO7. The average molecular weight is 492 g/mol. The lowest BCUT2D eigenvalue weighted by atomic mass is 10.1. The van der Waals surface area contributed by atoms with Gasteiger partial charge in [-0.05, 0) is 47.5 Å². The van der Waals surface area contributed by atoms with Crippen molar-refractivity contribution >= 4 is 29.8 Å². The topological polar surface area (TPSA) is 95.5 Å². The van der Waals surface area contributed by atoms with Gasteiger partial charge in [0.2, 0.25) is 11.7 Å². The van der Waals surface area contributed by atoms with Crippen LogP contribution in [0.2, 0.25) is 0 Å². The molecule has 0 heterocycles. The fourth-order valence-electron chi connectivity index (χ4n) is 3.53. The summed E-state index contributed by atoms with van der Waals surface area (Å²) < 4.78 is 27.2. The highest BCUT2D eigenvalue weighted by Crippen LogP contribution is 2.40. The highest BCUT2D eigenvalue weighted by molar-refractivity contribution is 6.03. The van der Waals surface area contributed by atoms with E-state index in [-0.39, 0.29) is 5.75 Å². The van der Waals surface area contributed by atoms with Gasteiger partial charge < -0.3 is 34.1 Å². The van der Waals surface area contributed by atoms with Crippen molar-refractivity contribution < 1.29 is 33.6 Å². The molecule has 0 unspecified atom stereocenters. The summed E-state index contributed by atoms with van der Waals surface area (Å²) in [4.78, 5) is 12.6. The zero-order valence-corrected chi connectivity index (χ0v) is 20.8. The van der Waals surface area contributed by atoms with Gasteiger partial charge >= 0.3 is 0 Å². The minimum Gasteiger partial charge on any atom is -0.507 e. The van der Waals surface area contributed by atoms with Gasteiger partial charge in [-0.25, -0.2) is 0 Å². The molecule has 0 fully saturated rings. The maximum atomic E-state index is 12.6. The highest BCUT2D eigenvalue weighted by atomic mass is 16.5. The molecule has 8 heteroatoms. The van der Waals surface area contributed by atoms with Crippen LogP contribution in [0.4, 0.5) is 5.69 Å². The molecule has 0 radical (unpaired) electrons. The summed E-state index contributed by atoms with van der Waals surface area (Å²) in [6.07, 6.45) is 6.59. The summed E-state index contributed by atoms with van der Waals surface area (Å²) in [5, 5.41) is 12.7. The fourth-order valence-corrected chi connectivity index (χ4v) is 3.53. The van der Waals surface area contributed by atoms with E-state index in [9.17, 15) is 9.90 Å². The van der Waals surface area contributed by atoms with Gasteiger partial charge in [-0.3, -0.25) is 4.79 Å². The lowest BCUT2D eigenvalue weighted by Gasteiger charge is -2.14. The molecule has 0 saturated carbocycles. The molecule has 0 spiro atoms. The maximum absolute atomic E-state index is 12.6. The van der Waals surface area contributed by atoms with E-state index in [0.717, 1.165) is 11.1 Å². The van der Waals surface area contributed by atoms with Crippen LogP contribution in [-0.2, 0) is 4.79 Å². The number of anilines is 1. The Morgan fingerprint density at radius 1 is 0.722 bits per heavy atom. The molecule has 0 aliphatic carbocycles. The smallest absolute Gasteiger partial charge is 0.248 e. The van der Waals surface area contributed by atoms with Gasteiger partial charge in [0.1, 0.15) is 5.75 Å². The van der Waals surface area contributed by atoms with Crippen molar-refractivity contribution in [1.82, 2.24) is 0 Å². The second-order valence-corrected chi connectivity index (χ2v) is 7.48. The summed E-state index contributed by atoms with van der Waals surface area (Å²) in [5.74, 6) is 2.09. The van der Waals surface area contributed by atoms with Crippen molar-refractivity contribution in [3.8, 4) is 34.5 Å². The molecule has 36 heavy (non-hydrogen) atoms. The molecule has 0 aromatic heterocycles. The number of methoxy groups -OCH3 is 5. The van der Waals surface area contributed by atoms with E-state index < -0.39 is 5.91 Å². The Labute approximate surface area is 210 Å². The summed E-state index contributed by atoms with van der Waals surface area (Å²) in [5.41, 5.74) is 2.52. The zero-order valence-electron chi connectivity index (χ0n) is 20.8. The number of hydrogen-bond acceptors (Lipinski definition) is 7. The van der Waals surface area contributed by atoms with Gasteiger partial charge in [-0.2, -0.15) is 0 Å². The fraction of sp³-hybridized carbons (Fsp3) is 0.179. The maximum Gasteiger partial charge on any atom is 0.248 e. The van der Waals surface area contributed by atoms with E-state index in [4.69, 9.17) is 23.7 Å². The number of rotatable bonds is 10. The second-order valence-electron chi connectivity index (χ2n) is 7.48. The Hall–Kier alpha value is -4.59. The Morgan fingerprint density at radius 2 is 1.25 bits per heavy atom. The molecule has 0 bridgehead atoms. The normalized spacial score (nSPS) is 10.9. The number of phenolic OH excluding ortho intramolecular Hbond substituents is 1. The van der Waals surface area contributed by atoms with Gasteiger partial charge in [-0.1, -0.05) is 30.4 Å². The lowest BCUT2D eigenvalue weighted by Crippen LogP contribution is -2.09. The van der Waals surface area contributed by atoms with Crippen LogP contribution in [0.5, 0.6) is 34.5 Å². The molecular weight excluding hydrogens is 462 g/mol. The SMILES string of the molecule is COc1cc(C=Cc2cc(OC)c(OC)c(OC)c2)cc(NC(=O)/C=C/c2ccccc2O)c1OC. The van der Waals surface area contributed by atoms with Crippen molar-refractivity contribution in [3.05, 3.63) is 71.3 Å². The number of aromatic hydroxyl groups is 1. The minimum absolute atomic E-state index is 0.0831. The van der Waals surface area contributed by atoms with Crippen LogP contribution in [0.25, 0.3) is 18.2 Å². The van der Waals surface area contributed by atoms with Crippen LogP contribution < -0.4 is 29.0 Å². The van der Waals surface area contributed by atoms with Gasteiger partial charge in [-0.15, -0.1) is 0 Å². The molecule has 2 N–H and O–H groups in total. The zero-order chi connectivity index (χ0) is 26.1. The van der Waals surface area contributed by atoms with E-state index in [1.54, 1.807) is 57.7 Å². The largest absolute Gasteiger partial charge is 0.507 e. The number of hydrogen-bond donors (Lipinski definition) is 2. The highest BCUT2D eigenvalue weighted by Gasteiger charge is 2.15. The number of carbonyl (C=O) groups excluding carboxylic acids is 1. The average Bonchev–Trinajstić information content (AvgIpc) is 2.90. The molecule has 3 rings (SSSR count). The number of benzene rings is 3. The molecule has 0 atom stereocenters. The van der Waals surface area contributed by atoms with Crippen molar-refractivity contribution in [3.63, 3.8) is 0 Å². The van der Waals surface area contributed by atoms with Gasteiger partial charge in [0.25, 0.3) is 0 Å². The molecule has 8 nitrogen and oxygen atoms in total. The Balaban J connectivity index is 1.92. The molecule has 3 aromatic carbocycles. The number of carbonyl (C=O) groups is 1. The van der Waals surface area contributed by atoms with E-state index >= 15 is 0 Å². The Morgan fingerprint density at radius 3 is 1.78 bits per heavy atom. The number of amides is 1. The van der Waals surface area contributed by atoms with Crippen LogP contribution in [0.3, 0.4) is 0 Å². The first-order valence-corrected chi connectivity index (χ1v) is 10.9. The summed E-state index contributed by atoms with van der Waals surface area (Å²) in [6.45, 7) is 0. The van der Waals surface area contributed by atoms with Crippen LogP contribution in [0.1, 0.15) is 16.7 Å². The first-order chi connectivity index (χ1) is 17.4. The van der Waals surface area contributed by atoms with Gasteiger partial charge in [0, 0.05) is 11.6 Å². The third-order valence-electron chi connectivity index (χ3n) is 5.27. The van der Waals surface area contributed by atoms with Crippen LogP contribution in [-0.4, -0.2) is 46.6 Å². The van der Waals surface area contributed by atoms with Crippen LogP contribution >= 0.6 is 0 Å². The molecule has 0 saturated heterocycles. The van der Waals surface area contributed by atoms with Gasteiger partial charge in [0.05, 0.1) is 41.2 Å². The van der Waals surface area contributed by atoms with Gasteiger partial charge in [0.15, 0.2) is 23.0 Å². The van der Waals surface area contributed by atoms with Crippen LogP contribution in [0, 0.1) is 0 Å². The number of nitrogens with one attached hydrogen (secondary N) is 1. The third kappa shape index (κ3) is 6.09. The molecule has 3 aromatic rings. The monoisotopic (exact) mass is 491 g/mol. The Kier molecular flexibility index (Phi) is 8.83. The van der Waals surface area contributed by atoms with Crippen molar-refractivity contribution in [2.45, 2.75) is 0 Å². The van der Waals surface area contributed by atoms with Crippen molar-refractivity contribution in [1.29, 1.82) is 0 Å². The van der Waals surface area contributed by atoms with Crippen molar-refractivity contribution in [2.75, 3.05) is 40.9 Å². The summed E-state index contributed by atoms with van der Waals surface area (Å²) in [7, 11) is 7.68. The minimum atomic E-state index is -0.399. The number of para-hydroxylation sites is 1. The summed E-state index contributed by atoms with van der Waals surface area (Å²) in [6, 6.07) is 13.9. The first-order valence-electron chi connectivity index (χ1n) is 10.9. The third-order valence-corrected chi connectivity index (χ3v) is 5.27.